The molecule has 2 aromatic rings. The van der Waals surface area contributed by atoms with Crippen molar-refractivity contribution in [2.75, 3.05) is 6.54 Å². The number of carbonyl (C=O) groups is 7. The molecule has 308 valence electrons. The van der Waals surface area contributed by atoms with Crippen LogP contribution in [-0.2, 0) is 51.5 Å². The van der Waals surface area contributed by atoms with Crippen LogP contribution in [0.15, 0.2) is 60.7 Å². The van der Waals surface area contributed by atoms with Gasteiger partial charge in [0.05, 0.1) is 6.04 Å². The van der Waals surface area contributed by atoms with Crippen molar-refractivity contribution < 1.29 is 43.0 Å². The fourth-order valence-electron chi connectivity index (χ4n) is 5.46. The first kappa shape index (κ1) is 46.6. The molecule has 0 radical (unpaired) electrons. The molecular formula is C40H59N7O9. The summed E-state index contributed by atoms with van der Waals surface area (Å²) >= 11 is 0. The van der Waals surface area contributed by atoms with Crippen molar-refractivity contribution in [3.8, 4) is 0 Å². The summed E-state index contributed by atoms with van der Waals surface area (Å²) < 4.78 is 10.7. The third kappa shape index (κ3) is 20.8. The standard InChI is InChI=1S/C40H59N7O9/c1-26(43-34(48)21-27(2)44-36(50)23-29(4)46-38(52)30(5)41)20-35(49)45-28(3)22-37(51)47-33(39(53)55-24-31-14-8-6-9-15-31)18-12-13-19-42-40(54)56-25-32-16-10-7-11-17-32/h6-11,14-17,26-30,33H,12-13,18-25,41H2,1-5H3,(H,42,54)(H,43,48)(H,44,50)(H,45,49)(H,46,52)(H,47,51)/t26-,27+,28+,29-,30-,33-/m0/s1. The van der Waals surface area contributed by atoms with Gasteiger partial charge in [-0.1, -0.05) is 60.7 Å². The van der Waals surface area contributed by atoms with Crippen LogP contribution >= 0.6 is 0 Å². The molecule has 56 heavy (non-hydrogen) atoms. The molecule has 0 aliphatic carbocycles. The highest BCUT2D eigenvalue weighted by Gasteiger charge is 2.24. The first-order valence-corrected chi connectivity index (χ1v) is 19.0. The maximum atomic E-state index is 13.1. The maximum absolute atomic E-state index is 13.1. The molecule has 0 saturated carbocycles. The summed E-state index contributed by atoms with van der Waals surface area (Å²) in [6.45, 7) is 8.69. The monoisotopic (exact) mass is 781 g/mol. The Hall–Kier alpha value is -5.51. The maximum Gasteiger partial charge on any atom is 0.407 e. The molecule has 0 aromatic heterocycles. The van der Waals surface area contributed by atoms with Crippen molar-refractivity contribution in [3.63, 3.8) is 0 Å². The lowest BCUT2D eigenvalue weighted by Gasteiger charge is -2.21. The summed E-state index contributed by atoms with van der Waals surface area (Å²) in [5, 5.41) is 16.3. The van der Waals surface area contributed by atoms with Crippen LogP contribution < -0.4 is 37.6 Å². The Kier molecular flexibility index (Phi) is 21.3. The molecule has 0 spiro atoms. The first-order chi connectivity index (χ1) is 26.6. The van der Waals surface area contributed by atoms with Gasteiger partial charge in [-0.15, -0.1) is 0 Å². The zero-order chi connectivity index (χ0) is 41.5. The molecule has 0 fully saturated rings. The van der Waals surface area contributed by atoms with Crippen LogP contribution in [0.25, 0.3) is 0 Å². The highest BCUT2D eigenvalue weighted by atomic mass is 16.5. The van der Waals surface area contributed by atoms with Crippen LogP contribution in [0.4, 0.5) is 4.79 Å². The summed E-state index contributed by atoms with van der Waals surface area (Å²) in [5.74, 6) is -2.54. The average Bonchev–Trinajstić information content (AvgIpc) is 3.12. The largest absolute Gasteiger partial charge is 0.459 e. The predicted octanol–water partition coefficient (Wildman–Crippen LogP) is 2.24. The summed E-state index contributed by atoms with van der Waals surface area (Å²) in [4.78, 5) is 87.5. The van der Waals surface area contributed by atoms with Gasteiger partial charge in [0.1, 0.15) is 19.3 Å². The molecule has 0 heterocycles. The number of ether oxygens (including phenoxy) is 2. The van der Waals surface area contributed by atoms with Crippen LogP contribution in [0.2, 0.25) is 0 Å². The number of hydrogen-bond donors (Lipinski definition) is 7. The Balaban J connectivity index is 1.77. The lowest BCUT2D eigenvalue weighted by molar-refractivity contribution is -0.149. The van der Waals surface area contributed by atoms with Crippen molar-refractivity contribution in [1.29, 1.82) is 0 Å². The van der Waals surface area contributed by atoms with E-state index in [1.54, 1.807) is 34.6 Å². The molecule has 0 bridgehead atoms. The van der Waals surface area contributed by atoms with E-state index in [-0.39, 0.29) is 63.0 Å². The van der Waals surface area contributed by atoms with E-state index in [0.29, 0.717) is 19.4 Å². The number of esters is 1. The molecule has 0 unspecified atom stereocenters. The number of nitrogens with two attached hydrogens (primary N) is 1. The number of hydrogen-bond acceptors (Lipinski definition) is 10. The second-order valence-corrected chi connectivity index (χ2v) is 14.1. The molecule has 0 aliphatic rings. The molecule has 16 nitrogen and oxygen atoms in total. The number of amides is 6. The zero-order valence-corrected chi connectivity index (χ0v) is 33.1. The lowest BCUT2D eigenvalue weighted by atomic mass is 10.1. The quantitative estimate of drug-likeness (QED) is 0.0606. The van der Waals surface area contributed by atoms with E-state index in [0.717, 1.165) is 11.1 Å². The normalized spacial score (nSPS) is 14.0. The molecule has 8 N–H and O–H groups in total. The number of rotatable bonds is 24. The zero-order valence-electron chi connectivity index (χ0n) is 33.1. The van der Waals surface area contributed by atoms with Crippen LogP contribution in [0, 0.1) is 0 Å². The minimum absolute atomic E-state index is 0.0174. The molecule has 0 aliphatic heterocycles. The van der Waals surface area contributed by atoms with Gasteiger partial charge in [0.25, 0.3) is 0 Å². The molecule has 16 heteroatoms. The molecule has 2 aromatic carbocycles. The highest BCUT2D eigenvalue weighted by molar-refractivity contribution is 5.86. The smallest absolute Gasteiger partial charge is 0.407 e. The molecule has 2 rings (SSSR count). The Morgan fingerprint density at radius 2 is 0.964 bits per heavy atom. The van der Waals surface area contributed by atoms with E-state index < -0.39 is 60.1 Å². The Bertz CT molecular complexity index is 1560. The van der Waals surface area contributed by atoms with Crippen LogP contribution in [-0.4, -0.2) is 84.4 Å². The van der Waals surface area contributed by atoms with Crippen LogP contribution in [0.5, 0.6) is 0 Å². The van der Waals surface area contributed by atoms with Crippen molar-refractivity contribution in [1.82, 2.24) is 31.9 Å². The fourth-order valence-corrected chi connectivity index (χ4v) is 5.46. The predicted molar refractivity (Wildman–Crippen MR) is 209 cm³/mol. The number of benzene rings is 2. The van der Waals surface area contributed by atoms with E-state index in [1.807, 2.05) is 60.7 Å². The SMILES string of the molecule is C[C@H](CC(=O)N[C@@H](CCCCNC(=O)OCc1ccccc1)C(=O)OCc1ccccc1)NC(=O)C[C@H](C)NC(=O)C[C@@H](C)NC(=O)C[C@H](C)NC(=O)[C@H](C)N. The number of unbranched alkanes of at least 4 members (excludes halogenated alkanes) is 1. The van der Waals surface area contributed by atoms with Crippen molar-refractivity contribution in [2.24, 2.45) is 5.73 Å². The minimum Gasteiger partial charge on any atom is -0.459 e. The van der Waals surface area contributed by atoms with Gasteiger partial charge in [-0.2, -0.15) is 0 Å². The third-order valence-corrected chi connectivity index (χ3v) is 8.24. The van der Waals surface area contributed by atoms with E-state index in [1.165, 1.54) is 0 Å². The fraction of sp³-hybridized carbons (Fsp3) is 0.525. The van der Waals surface area contributed by atoms with Crippen molar-refractivity contribution in [3.05, 3.63) is 71.8 Å². The summed E-state index contributed by atoms with van der Waals surface area (Å²) in [6.07, 6.45) is 0.517. The van der Waals surface area contributed by atoms with Gasteiger partial charge in [-0.3, -0.25) is 24.0 Å². The van der Waals surface area contributed by atoms with Gasteiger partial charge in [-0.25, -0.2) is 9.59 Å². The van der Waals surface area contributed by atoms with E-state index in [2.05, 4.69) is 31.9 Å². The van der Waals surface area contributed by atoms with Gasteiger partial charge in [0, 0.05) is 56.4 Å². The molecular weight excluding hydrogens is 722 g/mol. The Morgan fingerprint density at radius 3 is 1.41 bits per heavy atom. The summed E-state index contributed by atoms with van der Waals surface area (Å²) in [5.41, 5.74) is 7.19. The highest BCUT2D eigenvalue weighted by Crippen LogP contribution is 2.08. The average molecular weight is 782 g/mol. The molecule has 6 atom stereocenters. The Labute approximate surface area is 329 Å². The summed E-state index contributed by atoms with van der Waals surface area (Å²) in [7, 11) is 0. The van der Waals surface area contributed by atoms with E-state index in [4.69, 9.17) is 15.2 Å². The van der Waals surface area contributed by atoms with Crippen molar-refractivity contribution in [2.45, 2.75) is 129 Å². The van der Waals surface area contributed by atoms with E-state index >= 15 is 0 Å². The molecule has 6 amide bonds. The first-order valence-electron chi connectivity index (χ1n) is 19.0. The number of nitrogens with one attached hydrogen (secondary N) is 6. The Morgan fingerprint density at radius 1 is 0.554 bits per heavy atom. The summed E-state index contributed by atoms with van der Waals surface area (Å²) in [6, 6.07) is 14.7. The lowest BCUT2D eigenvalue weighted by Crippen LogP contribution is -2.46. The topological polar surface area (TPSA) is 236 Å². The van der Waals surface area contributed by atoms with Gasteiger partial charge < -0.3 is 47.1 Å². The van der Waals surface area contributed by atoms with Crippen LogP contribution in [0.1, 0.15) is 90.7 Å². The number of carbonyl (C=O) groups excluding carboxylic acids is 7. The van der Waals surface area contributed by atoms with Crippen molar-refractivity contribution >= 4 is 41.6 Å². The van der Waals surface area contributed by atoms with Gasteiger partial charge in [-0.05, 0) is 65.0 Å². The second-order valence-electron chi connectivity index (χ2n) is 14.1. The van der Waals surface area contributed by atoms with Gasteiger partial charge in [0.15, 0.2) is 0 Å². The molecule has 0 saturated heterocycles. The van der Waals surface area contributed by atoms with Crippen LogP contribution in [0.3, 0.4) is 0 Å². The third-order valence-electron chi connectivity index (χ3n) is 8.24. The second kappa shape index (κ2) is 25.5. The number of alkyl carbamates (subject to hydrolysis) is 1. The van der Waals surface area contributed by atoms with Gasteiger partial charge in [0.2, 0.25) is 29.5 Å². The van der Waals surface area contributed by atoms with Gasteiger partial charge >= 0.3 is 12.1 Å². The minimum atomic E-state index is -0.953. The van der Waals surface area contributed by atoms with E-state index in [9.17, 15) is 33.6 Å².